The van der Waals surface area contributed by atoms with E-state index in [0.29, 0.717) is 28.0 Å². The quantitative estimate of drug-likeness (QED) is 0.462. The maximum atomic E-state index is 12.5. The van der Waals surface area contributed by atoms with Gasteiger partial charge in [0, 0.05) is 35.0 Å². The monoisotopic (exact) mass is 449 g/mol. The van der Waals surface area contributed by atoms with Crippen molar-refractivity contribution >= 4 is 22.4 Å². The third kappa shape index (κ3) is 4.65. The SMILES string of the molecule is COc1ccc(-c2ccc(=O)n(CC(=O)Nc3nc(-c4cccnc4)cs3)n2)cc1OC. The smallest absolute Gasteiger partial charge is 0.267 e. The van der Waals surface area contributed by atoms with Gasteiger partial charge in [-0.25, -0.2) is 9.67 Å². The molecular formula is C22H19N5O4S. The summed E-state index contributed by atoms with van der Waals surface area (Å²) in [6, 6.07) is 12.0. The molecule has 4 rings (SSSR count). The van der Waals surface area contributed by atoms with E-state index < -0.39 is 5.91 Å². The van der Waals surface area contributed by atoms with Gasteiger partial charge < -0.3 is 14.8 Å². The van der Waals surface area contributed by atoms with E-state index in [1.54, 1.807) is 50.9 Å². The highest BCUT2D eigenvalue weighted by molar-refractivity contribution is 7.14. The van der Waals surface area contributed by atoms with E-state index >= 15 is 0 Å². The lowest BCUT2D eigenvalue weighted by atomic mass is 10.1. The van der Waals surface area contributed by atoms with Gasteiger partial charge in [0.05, 0.1) is 25.6 Å². The second-order valence-corrected chi connectivity index (χ2v) is 7.47. The molecule has 0 spiro atoms. The summed E-state index contributed by atoms with van der Waals surface area (Å²) >= 11 is 1.29. The summed E-state index contributed by atoms with van der Waals surface area (Å²) < 4.78 is 11.7. The van der Waals surface area contributed by atoms with Crippen LogP contribution in [-0.2, 0) is 11.3 Å². The van der Waals surface area contributed by atoms with Crippen LogP contribution < -0.4 is 20.3 Å². The summed E-state index contributed by atoms with van der Waals surface area (Å²) in [6.07, 6.45) is 3.38. The van der Waals surface area contributed by atoms with Crippen LogP contribution in [0, 0.1) is 0 Å². The summed E-state index contributed by atoms with van der Waals surface area (Å²) in [6.45, 7) is -0.248. The maximum absolute atomic E-state index is 12.5. The van der Waals surface area contributed by atoms with E-state index in [-0.39, 0.29) is 12.1 Å². The molecule has 0 aliphatic carbocycles. The molecule has 9 nitrogen and oxygen atoms in total. The lowest BCUT2D eigenvalue weighted by Gasteiger charge is -2.10. The van der Waals surface area contributed by atoms with Gasteiger partial charge in [-0.15, -0.1) is 11.3 Å². The van der Waals surface area contributed by atoms with Gasteiger partial charge >= 0.3 is 0 Å². The molecule has 0 radical (unpaired) electrons. The Morgan fingerprint density at radius 1 is 1.06 bits per heavy atom. The molecule has 1 aromatic carbocycles. The van der Waals surface area contributed by atoms with E-state index in [2.05, 4.69) is 20.4 Å². The van der Waals surface area contributed by atoms with Gasteiger partial charge in [0.25, 0.3) is 5.56 Å². The van der Waals surface area contributed by atoms with Crippen LogP contribution in [0.15, 0.2) is 65.0 Å². The first-order valence-electron chi connectivity index (χ1n) is 9.53. The zero-order valence-corrected chi connectivity index (χ0v) is 18.1. The number of rotatable bonds is 7. The minimum atomic E-state index is -0.406. The molecule has 4 aromatic rings. The number of benzene rings is 1. The van der Waals surface area contributed by atoms with Gasteiger partial charge in [0.2, 0.25) is 5.91 Å². The Balaban J connectivity index is 1.51. The summed E-state index contributed by atoms with van der Waals surface area (Å²) in [5, 5.41) is 9.30. The minimum Gasteiger partial charge on any atom is -0.493 e. The van der Waals surface area contributed by atoms with Gasteiger partial charge in [-0.3, -0.25) is 14.6 Å². The first kappa shape index (κ1) is 21.2. The van der Waals surface area contributed by atoms with E-state index in [9.17, 15) is 9.59 Å². The summed E-state index contributed by atoms with van der Waals surface area (Å²) in [5.41, 5.74) is 2.41. The highest BCUT2D eigenvalue weighted by atomic mass is 32.1. The zero-order chi connectivity index (χ0) is 22.5. The molecule has 1 amide bonds. The van der Waals surface area contributed by atoms with Gasteiger partial charge in [-0.05, 0) is 36.4 Å². The van der Waals surface area contributed by atoms with Crippen LogP contribution in [-0.4, -0.2) is 39.9 Å². The molecule has 0 bridgehead atoms. The second-order valence-electron chi connectivity index (χ2n) is 6.61. The topological polar surface area (TPSA) is 108 Å². The lowest BCUT2D eigenvalue weighted by molar-refractivity contribution is -0.117. The van der Waals surface area contributed by atoms with Gasteiger partial charge in [0.15, 0.2) is 16.6 Å². The Morgan fingerprint density at radius 3 is 2.66 bits per heavy atom. The van der Waals surface area contributed by atoms with Crippen LogP contribution in [0.2, 0.25) is 0 Å². The van der Waals surface area contributed by atoms with Crippen molar-refractivity contribution < 1.29 is 14.3 Å². The maximum Gasteiger partial charge on any atom is 0.267 e. The van der Waals surface area contributed by atoms with Crippen molar-refractivity contribution in [2.75, 3.05) is 19.5 Å². The average molecular weight is 449 g/mol. The third-order valence-electron chi connectivity index (χ3n) is 4.55. The Kier molecular flexibility index (Phi) is 6.22. The molecule has 0 unspecified atom stereocenters. The molecule has 3 heterocycles. The second kappa shape index (κ2) is 9.40. The molecule has 162 valence electrons. The van der Waals surface area contributed by atoms with Crippen molar-refractivity contribution in [1.29, 1.82) is 0 Å². The van der Waals surface area contributed by atoms with Gasteiger partial charge in [0.1, 0.15) is 6.54 Å². The van der Waals surface area contributed by atoms with Crippen molar-refractivity contribution in [3.05, 3.63) is 70.6 Å². The number of aromatic nitrogens is 4. The molecule has 0 saturated heterocycles. The summed E-state index contributed by atoms with van der Waals surface area (Å²) in [5.74, 6) is 0.713. The average Bonchev–Trinajstić information content (AvgIpc) is 3.29. The molecule has 1 N–H and O–H groups in total. The highest BCUT2D eigenvalue weighted by Gasteiger charge is 2.12. The first-order valence-corrected chi connectivity index (χ1v) is 10.4. The Morgan fingerprint density at radius 2 is 1.91 bits per heavy atom. The number of nitrogens with one attached hydrogen (secondary N) is 1. The molecule has 0 saturated carbocycles. The van der Waals surface area contributed by atoms with Crippen LogP contribution in [0.3, 0.4) is 0 Å². The van der Waals surface area contributed by atoms with Crippen molar-refractivity contribution in [3.63, 3.8) is 0 Å². The standard InChI is InChI=1S/C22H19N5O4S/c1-30-18-7-5-14(10-19(18)31-2)16-6-8-21(29)27(26-16)12-20(28)25-22-24-17(13-32-22)15-4-3-9-23-11-15/h3-11,13H,12H2,1-2H3,(H,24,25,28). The molecule has 0 atom stereocenters. The largest absolute Gasteiger partial charge is 0.493 e. The molecule has 32 heavy (non-hydrogen) atoms. The Hall–Kier alpha value is -4.05. The molecule has 3 aromatic heterocycles. The van der Waals surface area contributed by atoms with Crippen LogP contribution in [0.25, 0.3) is 22.5 Å². The van der Waals surface area contributed by atoms with Crippen molar-refractivity contribution in [1.82, 2.24) is 19.7 Å². The predicted octanol–water partition coefficient (Wildman–Crippen LogP) is 3.08. The molecule has 0 aliphatic heterocycles. The van der Waals surface area contributed by atoms with E-state index in [1.807, 2.05) is 17.5 Å². The first-order chi connectivity index (χ1) is 15.6. The van der Waals surface area contributed by atoms with Crippen LogP contribution in [0.1, 0.15) is 0 Å². The van der Waals surface area contributed by atoms with Crippen molar-refractivity contribution in [2.45, 2.75) is 6.54 Å². The Labute approximate surface area is 187 Å². The highest BCUT2D eigenvalue weighted by Crippen LogP contribution is 2.31. The van der Waals surface area contributed by atoms with Gasteiger partial charge in [-0.1, -0.05) is 0 Å². The fourth-order valence-corrected chi connectivity index (χ4v) is 3.72. The number of carbonyl (C=O) groups is 1. The van der Waals surface area contributed by atoms with Crippen molar-refractivity contribution in [2.24, 2.45) is 0 Å². The molecule has 0 fully saturated rings. The fraction of sp³-hybridized carbons (Fsp3) is 0.136. The third-order valence-corrected chi connectivity index (χ3v) is 5.30. The number of thiazole rings is 1. The van der Waals surface area contributed by atoms with E-state index in [4.69, 9.17) is 9.47 Å². The molecule has 10 heteroatoms. The van der Waals surface area contributed by atoms with Crippen LogP contribution in [0.4, 0.5) is 5.13 Å². The number of pyridine rings is 1. The molecule has 0 aliphatic rings. The minimum absolute atomic E-state index is 0.248. The van der Waals surface area contributed by atoms with Crippen LogP contribution in [0.5, 0.6) is 11.5 Å². The number of ether oxygens (including phenoxy) is 2. The summed E-state index contributed by atoms with van der Waals surface area (Å²) in [4.78, 5) is 33.2. The predicted molar refractivity (Wildman–Crippen MR) is 121 cm³/mol. The van der Waals surface area contributed by atoms with Crippen LogP contribution >= 0.6 is 11.3 Å². The molecular weight excluding hydrogens is 430 g/mol. The number of methoxy groups -OCH3 is 2. The number of carbonyl (C=O) groups excluding carboxylic acids is 1. The number of anilines is 1. The number of hydrogen-bond donors (Lipinski definition) is 1. The number of hydrogen-bond acceptors (Lipinski definition) is 8. The number of nitrogens with zero attached hydrogens (tertiary/aromatic N) is 4. The summed E-state index contributed by atoms with van der Waals surface area (Å²) in [7, 11) is 3.09. The van der Waals surface area contributed by atoms with E-state index in [0.717, 1.165) is 15.8 Å². The lowest BCUT2D eigenvalue weighted by Crippen LogP contribution is -2.29. The normalized spacial score (nSPS) is 10.6. The van der Waals surface area contributed by atoms with E-state index in [1.165, 1.54) is 17.4 Å². The zero-order valence-electron chi connectivity index (χ0n) is 17.3. The van der Waals surface area contributed by atoms with Crippen molar-refractivity contribution in [3.8, 4) is 34.0 Å². The Bertz CT molecular complexity index is 1300. The van der Waals surface area contributed by atoms with Gasteiger partial charge in [-0.2, -0.15) is 5.10 Å². The fourth-order valence-electron chi connectivity index (χ4n) is 2.98. The number of amides is 1.